The lowest BCUT2D eigenvalue weighted by molar-refractivity contribution is 0.180. The monoisotopic (exact) mass is 271 g/mol. The van der Waals surface area contributed by atoms with E-state index in [1.807, 2.05) is 0 Å². The van der Waals surface area contributed by atoms with Gasteiger partial charge in [-0.2, -0.15) is 0 Å². The lowest BCUT2D eigenvalue weighted by atomic mass is 9.92. The fourth-order valence-electron chi connectivity index (χ4n) is 2.95. The standard InChI is InChI=1S/C16H18FN3/c17-14-7-12(9-19-10-14)11-20-6-5-13-3-1-2-4-15(13)16(20)8-18/h1-4,7,9-10,16H,5-6,8,11,18H2. The molecule has 3 rings (SSSR count). The van der Waals surface area contributed by atoms with Gasteiger partial charge in [-0.3, -0.25) is 9.88 Å². The summed E-state index contributed by atoms with van der Waals surface area (Å²) >= 11 is 0. The zero-order valence-electron chi connectivity index (χ0n) is 11.3. The topological polar surface area (TPSA) is 42.1 Å². The maximum absolute atomic E-state index is 13.2. The third-order valence-electron chi connectivity index (χ3n) is 3.89. The Morgan fingerprint density at radius 1 is 1.30 bits per heavy atom. The summed E-state index contributed by atoms with van der Waals surface area (Å²) in [5.41, 5.74) is 9.52. The van der Waals surface area contributed by atoms with Crippen LogP contribution in [-0.4, -0.2) is 23.0 Å². The summed E-state index contributed by atoms with van der Waals surface area (Å²) < 4.78 is 13.2. The molecule has 0 bridgehead atoms. The highest BCUT2D eigenvalue weighted by molar-refractivity contribution is 5.33. The number of rotatable bonds is 3. The van der Waals surface area contributed by atoms with Crippen molar-refractivity contribution in [2.24, 2.45) is 5.73 Å². The first-order valence-corrected chi connectivity index (χ1v) is 6.89. The van der Waals surface area contributed by atoms with Crippen molar-refractivity contribution in [2.75, 3.05) is 13.1 Å². The molecule has 0 spiro atoms. The average molecular weight is 271 g/mol. The zero-order valence-corrected chi connectivity index (χ0v) is 11.3. The summed E-state index contributed by atoms with van der Waals surface area (Å²) in [4.78, 5) is 6.22. The van der Waals surface area contributed by atoms with Crippen LogP contribution in [0, 0.1) is 5.82 Å². The molecule has 1 aliphatic rings. The summed E-state index contributed by atoms with van der Waals surface area (Å²) in [5.74, 6) is -0.288. The Morgan fingerprint density at radius 2 is 2.15 bits per heavy atom. The highest BCUT2D eigenvalue weighted by Gasteiger charge is 2.25. The number of nitrogens with zero attached hydrogens (tertiary/aromatic N) is 2. The normalized spacial score (nSPS) is 18.8. The van der Waals surface area contributed by atoms with E-state index < -0.39 is 0 Å². The summed E-state index contributed by atoms with van der Waals surface area (Å²) in [7, 11) is 0. The predicted octanol–water partition coefficient (Wildman–Crippen LogP) is 2.28. The third kappa shape index (κ3) is 2.57. The number of aromatic nitrogens is 1. The zero-order chi connectivity index (χ0) is 13.9. The van der Waals surface area contributed by atoms with Crippen LogP contribution in [0.5, 0.6) is 0 Å². The highest BCUT2D eigenvalue weighted by atomic mass is 19.1. The van der Waals surface area contributed by atoms with E-state index in [0.29, 0.717) is 13.1 Å². The molecule has 20 heavy (non-hydrogen) atoms. The molecule has 0 fully saturated rings. The number of pyridine rings is 1. The van der Waals surface area contributed by atoms with Crippen LogP contribution in [-0.2, 0) is 13.0 Å². The molecule has 4 heteroatoms. The Kier molecular flexibility index (Phi) is 3.76. The molecule has 104 valence electrons. The molecular formula is C16H18FN3. The van der Waals surface area contributed by atoms with Gasteiger partial charge in [0.2, 0.25) is 0 Å². The van der Waals surface area contributed by atoms with E-state index in [1.54, 1.807) is 12.3 Å². The lowest BCUT2D eigenvalue weighted by Gasteiger charge is -2.36. The van der Waals surface area contributed by atoms with Crippen LogP contribution in [0.4, 0.5) is 4.39 Å². The van der Waals surface area contributed by atoms with Crippen LogP contribution in [0.25, 0.3) is 0 Å². The van der Waals surface area contributed by atoms with E-state index in [1.165, 1.54) is 17.3 Å². The van der Waals surface area contributed by atoms with Gasteiger partial charge in [0.1, 0.15) is 5.82 Å². The van der Waals surface area contributed by atoms with Gasteiger partial charge in [0, 0.05) is 31.9 Å². The molecule has 2 heterocycles. The summed E-state index contributed by atoms with van der Waals surface area (Å²) in [6.07, 6.45) is 3.96. The number of nitrogens with two attached hydrogens (primary N) is 1. The van der Waals surface area contributed by atoms with Crippen molar-refractivity contribution >= 4 is 0 Å². The van der Waals surface area contributed by atoms with E-state index >= 15 is 0 Å². The third-order valence-corrected chi connectivity index (χ3v) is 3.89. The largest absolute Gasteiger partial charge is 0.329 e. The fraction of sp³-hybridized carbons (Fsp3) is 0.312. The van der Waals surface area contributed by atoms with Gasteiger partial charge in [0.05, 0.1) is 6.20 Å². The summed E-state index contributed by atoms with van der Waals surface area (Å²) in [6, 6.07) is 10.2. The second-order valence-corrected chi connectivity index (χ2v) is 5.18. The number of fused-ring (bicyclic) bond motifs is 1. The molecule has 1 aromatic carbocycles. The first-order chi connectivity index (χ1) is 9.78. The molecule has 0 aliphatic carbocycles. The lowest BCUT2D eigenvalue weighted by Crippen LogP contribution is -2.38. The van der Waals surface area contributed by atoms with Gasteiger partial charge in [-0.1, -0.05) is 24.3 Å². The Hall–Kier alpha value is -1.78. The van der Waals surface area contributed by atoms with Gasteiger partial charge in [0.15, 0.2) is 0 Å². The minimum atomic E-state index is -0.288. The summed E-state index contributed by atoms with van der Waals surface area (Å²) in [6.45, 7) is 2.19. The Labute approximate surface area is 118 Å². The van der Waals surface area contributed by atoms with Gasteiger partial charge in [-0.25, -0.2) is 4.39 Å². The molecule has 2 aromatic rings. The highest BCUT2D eigenvalue weighted by Crippen LogP contribution is 2.29. The molecule has 1 aliphatic heterocycles. The maximum Gasteiger partial charge on any atom is 0.141 e. The van der Waals surface area contributed by atoms with Gasteiger partial charge in [-0.15, -0.1) is 0 Å². The number of halogens is 1. The molecule has 1 unspecified atom stereocenters. The average Bonchev–Trinajstić information content (AvgIpc) is 2.47. The summed E-state index contributed by atoms with van der Waals surface area (Å²) in [5, 5.41) is 0. The van der Waals surface area contributed by atoms with Gasteiger partial charge in [0.25, 0.3) is 0 Å². The minimum Gasteiger partial charge on any atom is -0.329 e. The van der Waals surface area contributed by atoms with Crippen molar-refractivity contribution in [3.05, 3.63) is 65.2 Å². The predicted molar refractivity (Wildman–Crippen MR) is 76.5 cm³/mol. The molecule has 0 saturated carbocycles. The second-order valence-electron chi connectivity index (χ2n) is 5.18. The van der Waals surface area contributed by atoms with Crippen molar-refractivity contribution < 1.29 is 4.39 Å². The minimum absolute atomic E-state index is 0.197. The van der Waals surface area contributed by atoms with Gasteiger partial charge >= 0.3 is 0 Å². The van der Waals surface area contributed by atoms with E-state index in [2.05, 4.69) is 34.1 Å². The Bertz CT molecular complexity index is 600. The quantitative estimate of drug-likeness (QED) is 0.931. The van der Waals surface area contributed by atoms with Crippen LogP contribution in [0.1, 0.15) is 22.7 Å². The van der Waals surface area contributed by atoms with Crippen molar-refractivity contribution in [3.8, 4) is 0 Å². The Morgan fingerprint density at radius 3 is 2.95 bits per heavy atom. The Balaban J connectivity index is 1.84. The van der Waals surface area contributed by atoms with Crippen LogP contribution < -0.4 is 5.73 Å². The molecule has 0 amide bonds. The van der Waals surface area contributed by atoms with Crippen LogP contribution in [0.2, 0.25) is 0 Å². The van der Waals surface area contributed by atoms with Crippen LogP contribution >= 0.6 is 0 Å². The number of hydrogen-bond donors (Lipinski definition) is 1. The van der Waals surface area contributed by atoms with Crippen LogP contribution in [0.3, 0.4) is 0 Å². The van der Waals surface area contributed by atoms with E-state index in [0.717, 1.165) is 18.5 Å². The first kappa shape index (κ1) is 13.2. The molecule has 1 atom stereocenters. The molecule has 3 nitrogen and oxygen atoms in total. The van der Waals surface area contributed by atoms with Crippen molar-refractivity contribution in [1.82, 2.24) is 9.88 Å². The van der Waals surface area contributed by atoms with E-state index in [-0.39, 0.29) is 11.9 Å². The second kappa shape index (κ2) is 5.69. The van der Waals surface area contributed by atoms with E-state index in [9.17, 15) is 4.39 Å². The van der Waals surface area contributed by atoms with Gasteiger partial charge < -0.3 is 5.73 Å². The SMILES string of the molecule is NCC1c2ccccc2CCN1Cc1cncc(F)c1. The molecule has 0 saturated heterocycles. The molecule has 1 aromatic heterocycles. The first-order valence-electron chi connectivity index (χ1n) is 6.89. The molecular weight excluding hydrogens is 253 g/mol. The van der Waals surface area contributed by atoms with Crippen LogP contribution in [0.15, 0.2) is 42.7 Å². The van der Waals surface area contributed by atoms with E-state index in [4.69, 9.17) is 5.73 Å². The smallest absolute Gasteiger partial charge is 0.141 e. The molecule has 0 radical (unpaired) electrons. The maximum atomic E-state index is 13.2. The number of benzene rings is 1. The van der Waals surface area contributed by atoms with Crippen molar-refractivity contribution in [1.29, 1.82) is 0 Å². The van der Waals surface area contributed by atoms with Crippen molar-refractivity contribution in [2.45, 2.75) is 19.0 Å². The molecule has 2 N–H and O–H groups in total. The number of hydrogen-bond acceptors (Lipinski definition) is 3. The van der Waals surface area contributed by atoms with Crippen molar-refractivity contribution in [3.63, 3.8) is 0 Å². The fourth-order valence-corrected chi connectivity index (χ4v) is 2.95. The van der Waals surface area contributed by atoms with Gasteiger partial charge in [-0.05, 0) is 29.2 Å².